The number of rotatable bonds is 5. The molecule has 1 aromatic heterocycles. The molecule has 7 nitrogen and oxygen atoms in total. The van der Waals surface area contributed by atoms with Crippen molar-refractivity contribution in [3.8, 4) is 0 Å². The zero-order chi connectivity index (χ0) is 25.0. The van der Waals surface area contributed by atoms with E-state index in [1.807, 2.05) is 0 Å². The van der Waals surface area contributed by atoms with E-state index in [1.54, 1.807) is 0 Å². The highest BCUT2D eigenvalue weighted by molar-refractivity contribution is 7.92. The molecule has 34 heavy (non-hydrogen) atoms. The number of thiophene rings is 1. The molecule has 0 saturated carbocycles. The van der Waals surface area contributed by atoms with Crippen molar-refractivity contribution in [3.05, 3.63) is 81.0 Å². The van der Waals surface area contributed by atoms with E-state index in [0.717, 1.165) is 35.6 Å². The third kappa shape index (κ3) is 3.61. The minimum atomic E-state index is -4.27. The zero-order valence-electron chi connectivity index (χ0n) is 17.8. The molecule has 0 saturated heterocycles. The first kappa shape index (κ1) is 23.7. The Balaban J connectivity index is 1.83. The van der Waals surface area contributed by atoms with Gasteiger partial charge in [0.05, 0.1) is 27.3 Å². The fourth-order valence-electron chi connectivity index (χ4n) is 3.77. The molecule has 2 heterocycles. The van der Waals surface area contributed by atoms with Crippen molar-refractivity contribution < 1.29 is 36.7 Å². The Hall–Kier alpha value is -3.44. The van der Waals surface area contributed by atoms with E-state index in [1.165, 1.54) is 37.4 Å². The number of fused-ring (bicyclic) bond motifs is 1. The van der Waals surface area contributed by atoms with Crippen LogP contribution in [0.5, 0.6) is 0 Å². The molecule has 1 aliphatic heterocycles. The van der Waals surface area contributed by atoms with Gasteiger partial charge >= 0.3 is 5.97 Å². The second-order valence-corrected chi connectivity index (χ2v) is 11.5. The van der Waals surface area contributed by atoms with Crippen LogP contribution in [0.1, 0.15) is 45.0 Å². The molecule has 11 heteroatoms. The van der Waals surface area contributed by atoms with E-state index < -0.39 is 54.6 Å². The zero-order valence-corrected chi connectivity index (χ0v) is 19.5. The van der Waals surface area contributed by atoms with Crippen LogP contribution >= 0.6 is 11.3 Å². The van der Waals surface area contributed by atoms with Gasteiger partial charge in [-0.3, -0.25) is 9.59 Å². The largest absolute Gasteiger partial charge is 0.477 e. The number of benzene rings is 2. The molecule has 4 rings (SSSR count). The second-order valence-electron chi connectivity index (χ2n) is 8.12. The van der Waals surface area contributed by atoms with Crippen molar-refractivity contribution in [3.63, 3.8) is 0 Å². The average Bonchev–Trinajstić information content (AvgIpc) is 3.19. The molecule has 3 aromatic rings. The minimum absolute atomic E-state index is 0.150. The summed E-state index contributed by atoms with van der Waals surface area (Å²) in [6, 6.07) is 7.71. The normalized spacial score (nSPS) is 14.3. The van der Waals surface area contributed by atoms with Gasteiger partial charge in [-0.2, -0.15) is 0 Å². The van der Waals surface area contributed by atoms with Gasteiger partial charge in [0.1, 0.15) is 16.5 Å². The van der Waals surface area contributed by atoms with Crippen molar-refractivity contribution in [2.75, 3.05) is 4.90 Å². The predicted molar refractivity (Wildman–Crippen MR) is 120 cm³/mol. The number of aromatic carboxylic acids is 1. The van der Waals surface area contributed by atoms with Gasteiger partial charge < -0.3 is 5.11 Å². The van der Waals surface area contributed by atoms with Crippen molar-refractivity contribution in [2.45, 2.75) is 29.9 Å². The SMILES string of the molecule is CC(C)(c1cccc(F)c1)S(=O)(=O)c1ccc(F)c(N2C(=O)Cc3csc(C(=O)O)c3C2=O)c1. The Labute approximate surface area is 197 Å². The Morgan fingerprint density at radius 3 is 2.47 bits per heavy atom. The molecule has 2 aromatic carbocycles. The van der Waals surface area contributed by atoms with Gasteiger partial charge in [-0.15, -0.1) is 11.3 Å². The maximum Gasteiger partial charge on any atom is 0.346 e. The molecule has 0 bridgehead atoms. The van der Waals surface area contributed by atoms with Crippen molar-refractivity contribution in [2.24, 2.45) is 0 Å². The first-order valence-electron chi connectivity index (χ1n) is 9.87. The van der Waals surface area contributed by atoms with E-state index in [4.69, 9.17) is 0 Å². The number of nitrogens with zero attached hydrogens (tertiary/aromatic N) is 1. The number of anilines is 1. The Morgan fingerprint density at radius 2 is 1.82 bits per heavy atom. The van der Waals surface area contributed by atoms with Crippen LogP contribution in [0.15, 0.2) is 52.7 Å². The van der Waals surface area contributed by atoms with Crippen LogP contribution in [0.4, 0.5) is 14.5 Å². The molecule has 0 spiro atoms. The fraction of sp³-hybridized carbons (Fsp3) is 0.174. The average molecular weight is 506 g/mol. The summed E-state index contributed by atoms with van der Waals surface area (Å²) in [5.74, 6) is -4.93. The molecule has 1 aliphatic rings. The first-order valence-corrected chi connectivity index (χ1v) is 12.2. The molecular formula is C23H17F2NO6S2. The van der Waals surface area contributed by atoms with Gasteiger partial charge in [0.15, 0.2) is 9.84 Å². The summed E-state index contributed by atoms with van der Waals surface area (Å²) in [6.45, 7) is 2.71. The van der Waals surface area contributed by atoms with Gasteiger partial charge in [0.25, 0.3) is 5.91 Å². The molecule has 0 radical (unpaired) electrons. The summed E-state index contributed by atoms with van der Waals surface area (Å²) < 4.78 is 53.9. The summed E-state index contributed by atoms with van der Waals surface area (Å²) >= 11 is 0.771. The Kier molecular flexibility index (Phi) is 5.65. The second kappa shape index (κ2) is 8.10. The summed E-state index contributed by atoms with van der Waals surface area (Å²) in [4.78, 5) is 37.1. The number of carboxylic acids is 1. The smallest absolute Gasteiger partial charge is 0.346 e. The molecular weight excluding hydrogens is 488 g/mol. The predicted octanol–water partition coefficient (Wildman–Crippen LogP) is 4.16. The number of hydrogen-bond acceptors (Lipinski definition) is 6. The molecule has 1 N–H and O–H groups in total. The number of imide groups is 1. The van der Waals surface area contributed by atoms with Crippen LogP contribution in [0, 0.1) is 11.6 Å². The monoisotopic (exact) mass is 505 g/mol. The van der Waals surface area contributed by atoms with Crippen LogP contribution in [0.25, 0.3) is 0 Å². The highest BCUT2D eigenvalue weighted by Gasteiger charge is 2.41. The number of sulfone groups is 1. The maximum atomic E-state index is 14.8. The van der Waals surface area contributed by atoms with Gasteiger partial charge in [0.2, 0.25) is 5.91 Å². The number of carbonyl (C=O) groups excluding carboxylic acids is 2. The Bertz CT molecular complexity index is 1480. The van der Waals surface area contributed by atoms with Crippen LogP contribution in [-0.2, 0) is 25.8 Å². The van der Waals surface area contributed by atoms with E-state index in [9.17, 15) is 36.7 Å². The summed E-state index contributed by atoms with van der Waals surface area (Å²) in [7, 11) is -4.27. The topological polar surface area (TPSA) is 109 Å². The third-order valence-corrected chi connectivity index (χ3v) is 9.20. The lowest BCUT2D eigenvalue weighted by Gasteiger charge is -2.28. The molecule has 0 unspecified atom stereocenters. The van der Waals surface area contributed by atoms with E-state index in [2.05, 4.69) is 0 Å². The van der Waals surface area contributed by atoms with Crippen LogP contribution in [0.2, 0.25) is 0 Å². The van der Waals surface area contributed by atoms with Gasteiger partial charge in [-0.1, -0.05) is 12.1 Å². The number of amides is 2. The highest BCUT2D eigenvalue weighted by Crippen LogP contribution is 2.38. The summed E-state index contributed by atoms with van der Waals surface area (Å²) in [5, 5.41) is 10.7. The molecule has 176 valence electrons. The first-order chi connectivity index (χ1) is 15.9. The van der Waals surface area contributed by atoms with Gasteiger partial charge in [-0.05, 0) is 60.7 Å². The fourth-order valence-corrected chi connectivity index (χ4v) is 6.21. The van der Waals surface area contributed by atoms with E-state index in [-0.39, 0.29) is 28.0 Å². The van der Waals surface area contributed by atoms with E-state index >= 15 is 0 Å². The van der Waals surface area contributed by atoms with Crippen molar-refractivity contribution in [1.82, 2.24) is 0 Å². The minimum Gasteiger partial charge on any atom is -0.477 e. The summed E-state index contributed by atoms with van der Waals surface area (Å²) in [5.41, 5.74) is -0.480. The maximum absolute atomic E-state index is 14.8. The standard InChI is InChI=1S/C23H17F2NO6S2/c1-23(2,13-4-3-5-14(24)9-13)34(31,32)15-6-7-16(25)17(10-15)26-18(27)8-12-11-33-20(22(29)30)19(12)21(26)28/h3-7,9-11H,8H2,1-2H3,(H,29,30). The highest BCUT2D eigenvalue weighted by atomic mass is 32.2. The van der Waals surface area contributed by atoms with Crippen LogP contribution in [-0.4, -0.2) is 31.3 Å². The van der Waals surface area contributed by atoms with E-state index in [0.29, 0.717) is 4.90 Å². The lowest BCUT2D eigenvalue weighted by Crippen LogP contribution is -2.43. The van der Waals surface area contributed by atoms with Crippen LogP contribution < -0.4 is 4.90 Å². The van der Waals surface area contributed by atoms with Crippen molar-refractivity contribution >= 4 is 44.6 Å². The number of carboxylic acid groups (broad SMARTS) is 1. The van der Waals surface area contributed by atoms with Gasteiger partial charge in [0, 0.05) is 0 Å². The number of hydrogen-bond donors (Lipinski definition) is 1. The Morgan fingerprint density at radius 1 is 1.12 bits per heavy atom. The number of carbonyl (C=O) groups is 3. The molecule has 0 atom stereocenters. The number of halogens is 2. The molecule has 0 fully saturated rings. The van der Waals surface area contributed by atoms with Crippen molar-refractivity contribution in [1.29, 1.82) is 0 Å². The van der Waals surface area contributed by atoms with Gasteiger partial charge in [-0.25, -0.2) is 26.9 Å². The lowest BCUT2D eigenvalue weighted by atomic mass is 10.0. The lowest BCUT2D eigenvalue weighted by molar-refractivity contribution is -0.117. The molecule has 0 aliphatic carbocycles. The molecule has 2 amide bonds. The quantitative estimate of drug-likeness (QED) is 0.412. The summed E-state index contributed by atoms with van der Waals surface area (Å²) in [6.07, 6.45) is -0.351. The van der Waals surface area contributed by atoms with Crippen LogP contribution in [0.3, 0.4) is 0 Å². The third-order valence-electron chi connectivity index (χ3n) is 5.73.